The number of anilines is 2. The molecule has 0 atom stereocenters. The molecular formula is C18H18N2O2S. The molecular weight excluding hydrogens is 308 g/mol. The molecule has 0 aliphatic rings. The highest BCUT2D eigenvalue weighted by atomic mass is 32.1. The van der Waals surface area contributed by atoms with Gasteiger partial charge in [-0.15, -0.1) is 11.3 Å². The Bertz CT molecular complexity index is 871. The number of rotatable bonds is 4. The predicted octanol–water partition coefficient (Wildman–Crippen LogP) is 4.83. The second-order valence-corrected chi connectivity index (χ2v) is 6.18. The average molecular weight is 326 g/mol. The van der Waals surface area contributed by atoms with Crippen molar-refractivity contribution >= 4 is 38.9 Å². The predicted molar refractivity (Wildman–Crippen MR) is 94.8 cm³/mol. The number of fused-ring (bicyclic) bond motifs is 1. The van der Waals surface area contributed by atoms with Crippen LogP contribution >= 0.6 is 11.3 Å². The van der Waals surface area contributed by atoms with Crippen LogP contribution in [0, 0.1) is 13.8 Å². The van der Waals surface area contributed by atoms with E-state index in [0.717, 1.165) is 32.7 Å². The van der Waals surface area contributed by atoms with Crippen LogP contribution in [-0.4, -0.2) is 17.6 Å². The fourth-order valence-corrected chi connectivity index (χ4v) is 3.44. The number of carbonyl (C=O) groups is 1. The Hall–Kier alpha value is -2.40. The molecule has 4 nitrogen and oxygen atoms in total. The number of para-hydroxylation sites is 1. The first-order chi connectivity index (χ1) is 11.1. The first-order valence-corrected chi connectivity index (χ1v) is 8.36. The van der Waals surface area contributed by atoms with Gasteiger partial charge in [-0.25, -0.2) is 4.79 Å². The molecule has 118 valence electrons. The Morgan fingerprint density at radius 3 is 2.78 bits per heavy atom. The molecule has 0 amide bonds. The fourth-order valence-electron chi connectivity index (χ4n) is 2.43. The molecule has 0 aliphatic carbocycles. The van der Waals surface area contributed by atoms with E-state index in [4.69, 9.17) is 4.74 Å². The molecule has 1 aromatic carbocycles. The Labute approximate surface area is 139 Å². The standard InChI is InChI=1S/C18H18N2O2S/c1-4-22-18(21)13-9-19-15-12(3)10-23-17(15)16(13)20-14-8-6-5-7-11(14)2/h5-10H,4H2,1-3H3,(H,19,20). The summed E-state index contributed by atoms with van der Waals surface area (Å²) in [5.74, 6) is -0.357. The molecule has 3 aromatic rings. The number of nitrogens with one attached hydrogen (secondary N) is 1. The van der Waals surface area contributed by atoms with Crippen LogP contribution in [0.3, 0.4) is 0 Å². The summed E-state index contributed by atoms with van der Waals surface area (Å²) in [5.41, 5.74) is 5.33. The van der Waals surface area contributed by atoms with Crippen molar-refractivity contribution in [2.75, 3.05) is 11.9 Å². The zero-order chi connectivity index (χ0) is 16.4. The number of pyridine rings is 1. The van der Waals surface area contributed by atoms with Crippen molar-refractivity contribution in [2.45, 2.75) is 20.8 Å². The summed E-state index contributed by atoms with van der Waals surface area (Å²) in [6.45, 7) is 6.19. The average Bonchev–Trinajstić information content (AvgIpc) is 2.92. The van der Waals surface area contributed by atoms with Gasteiger partial charge < -0.3 is 10.1 Å². The van der Waals surface area contributed by atoms with E-state index >= 15 is 0 Å². The van der Waals surface area contributed by atoms with Crippen molar-refractivity contribution < 1.29 is 9.53 Å². The van der Waals surface area contributed by atoms with E-state index in [-0.39, 0.29) is 5.97 Å². The van der Waals surface area contributed by atoms with Gasteiger partial charge in [0.1, 0.15) is 5.56 Å². The van der Waals surface area contributed by atoms with Gasteiger partial charge in [-0.1, -0.05) is 18.2 Å². The first kappa shape index (κ1) is 15.5. The zero-order valence-electron chi connectivity index (χ0n) is 13.3. The van der Waals surface area contributed by atoms with E-state index in [0.29, 0.717) is 12.2 Å². The smallest absolute Gasteiger partial charge is 0.341 e. The maximum atomic E-state index is 12.3. The van der Waals surface area contributed by atoms with Crippen LogP contribution in [0.15, 0.2) is 35.8 Å². The van der Waals surface area contributed by atoms with Gasteiger partial charge in [0.2, 0.25) is 0 Å². The fraction of sp³-hybridized carbons (Fsp3) is 0.222. The number of aromatic nitrogens is 1. The number of thiophene rings is 1. The summed E-state index contributed by atoms with van der Waals surface area (Å²) >= 11 is 1.58. The maximum absolute atomic E-state index is 12.3. The van der Waals surface area contributed by atoms with Crippen LogP contribution in [0.1, 0.15) is 28.4 Å². The molecule has 1 N–H and O–H groups in total. The van der Waals surface area contributed by atoms with Gasteiger partial charge in [-0.2, -0.15) is 0 Å². The third-order valence-corrected chi connectivity index (χ3v) is 4.77. The van der Waals surface area contributed by atoms with Crippen LogP contribution < -0.4 is 5.32 Å². The van der Waals surface area contributed by atoms with Crippen molar-refractivity contribution in [1.82, 2.24) is 4.98 Å². The Morgan fingerprint density at radius 1 is 1.26 bits per heavy atom. The van der Waals surface area contributed by atoms with E-state index in [9.17, 15) is 4.79 Å². The molecule has 3 rings (SSSR count). The molecule has 0 aliphatic heterocycles. The third-order valence-electron chi connectivity index (χ3n) is 3.66. The molecule has 2 heterocycles. The highest BCUT2D eigenvalue weighted by molar-refractivity contribution is 7.18. The van der Waals surface area contributed by atoms with E-state index in [1.807, 2.05) is 38.1 Å². The van der Waals surface area contributed by atoms with Gasteiger partial charge in [0.15, 0.2) is 0 Å². The first-order valence-electron chi connectivity index (χ1n) is 7.48. The van der Waals surface area contributed by atoms with Gasteiger partial charge >= 0.3 is 5.97 Å². The highest BCUT2D eigenvalue weighted by Gasteiger charge is 2.19. The number of benzene rings is 1. The minimum atomic E-state index is -0.357. The number of ether oxygens (including phenoxy) is 1. The van der Waals surface area contributed by atoms with Crippen LogP contribution in [-0.2, 0) is 4.74 Å². The molecule has 0 unspecified atom stereocenters. The molecule has 0 saturated carbocycles. The van der Waals surface area contributed by atoms with E-state index in [1.54, 1.807) is 24.5 Å². The SMILES string of the molecule is CCOC(=O)c1cnc2c(C)csc2c1Nc1ccccc1C. The molecule has 0 spiro atoms. The van der Waals surface area contributed by atoms with Gasteiger partial charge in [0, 0.05) is 11.9 Å². The quantitative estimate of drug-likeness (QED) is 0.697. The van der Waals surface area contributed by atoms with E-state index in [2.05, 4.69) is 15.7 Å². The van der Waals surface area contributed by atoms with Crippen molar-refractivity contribution in [3.8, 4) is 0 Å². The Balaban J connectivity index is 2.16. The van der Waals surface area contributed by atoms with Crippen molar-refractivity contribution in [3.63, 3.8) is 0 Å². The third kappa shape index (κ3) is 2.92. The lowest BCUT2D eigenvalue weighted by molar-refractivity contribution is 0.0527. The Kier molecular flexibility index (Phi) is 4.30. The Morgan fingerprint density at radius 2 is 2.04 bits per heavy atom. The monoisotopic (exact) mass is 326 g/mol. The molecule has 0 saturated heterocycles. The lowest BCUT2D eigenvalue weighted by Crippen LogP contribution is -2.09. The lowest BCUT2D eigenvalue weighted by Gasteiger charge is -2.14. The lowest BCUT2D eigenvalue weighted by atomic mass is 10.1. The minimum Gasteiger partial charge on any atom is -0.462 e. The van der Waals surface area contributed by atoms with Crippen LogP contribution in [0.4, 0.5) is 11.4 Å². The van der Waals surface area contributed by atoms with Crippen molar-refractivity contribution in [3.05, 3.63) is 52.5 Å². The number of aryl methyl sites for hydroxylation is 2. The largest absolute Gasteiger partial charge is 0.462 e. The normalized spacial score (nSPS) is 10.7. The summed E-state index contributed by atoms with van der Waals surface area (Å²) in [7, 11) is 0. The number of hydrogen-bond donors (Lipinski definition) is 1. The van der Waals surface area contributed by atoms with Gasteiger partial charge in [0.25, 0.3) is 0 Å². The second-order valence-electron chi connectivity index (χ2n) is 5.30. The van der Waals surface area contributed by atoms with Crippen molar-refractivity contribution in [1.29, 1.82) is 0 Å². The van der Waals surface area contributed by atoms with E-state index < -0.39 is 0 Å². The van der Waals surface area contributed by atoms with Crippen LogP contribution in [0.2, 0.25) is 0 Å². The zero-order valence-corrected chi connectivity index (χ0v) is 14.2. The number of nitrogens with zero attached hydrogens (tertiary/aromatic N) is 1. The number of carbonyl (C=O) groups excluding carboxylic acids is 1. The minimum absolute atomic E-state index is 0.337. The van der Waals surface area contributed by atoms with Gasteiger partial charge in [0.05, 0.1) is 22.5 Å². The molecule has 0 fully saturated rings. The second kappa shape index (κ2) is 6.38. The highest BCUT2D eigenvalue weighted by Crippen LogP contribution is 2.35. The molecule has 5 heteroatoms. The molecule has 0 bridgehead atoms. The topological polar surface area (TPSA) is 51.2 Å². The molecule has 2 aromatic heterocycles. The number of esters is 1. The summed E-state index contributed by atoms with van der Waals surface area (Å²) in [4.78, 5) is 16.7. The number of hydrogen-bond acceptors (Lipinski definition) is 5. The van der Waals surface area contributed by atoms with Gasteiger partial charge in [-0.05, 0) is 43.3 Å². The summed E-state index contributed by atoms with van der Waals surface area (Å²) in [5, 5.41) is 5.46. The van der Waals surface area contributed by atoms with Gasteiger partial charge in [-0.3, -0.25) is 4.98 Å². The van der Waals surface area contributed by atoms with E-state index in [1.165, 1.54) is 0 Å². The molecule has 23 heavy (non-hydrogen) atoms. The maximum Gasteiger partial charge on any atom is 0.341 e. The summed E-state index contributed by atoms with van der Waals surface area (Å²) in [6, 6.07) is 7.99. The van der Waals surface area contributed by atoms with Crippen molar-refractivity contribution in [2.24, 2.45) is 0 Å². The van der Waals surface area contributed by atoms with Crippen LogP contribution in [0.5, 0.6) is 0 Å². The summed E-state index contributed by atoms with van der Waals surface area (Å²) in [6.07, 6.45) is 1.60. The summed E-state index contributed by atoms with van der Waals surface area (Å²) < 4.78 is 6.15. The molecule has 0 radical (unpaired) electrons. The van der Waals surface area contributed by atoms with Crippen LogP contribution in [0.25, 0.3) is 10.2 Å².